The van der Waals surface area contributed by atoms with Gasteiger partial charge >= 0.3 is 7.12 Å². The minimum absolute atomic E-state index is 0.514. The molecule has 0 saturated heterocycles. The first kappa shape index (κ1) is 10.6. The molecule has 7 heteroatoms. The van der Waals surface area contributed by atoms with E-state index in [1.54, 1.807) is 0 Å². The van der Waals surface area contributed by atoms with Crippen molar-refractivity contribution >= 4 is 18.5 Å². The summed E-state index contributed by atoms with van der Waals surface area (Å²) in [5.41, 5.74) is 3.46. The van der Waals surface area contributed by atoms with Crippen LogP contribution in [0.1, 0.15) is 10.4 Å². The first-order valence-corrected chi connectivity index (χ1v) is 3.58. The zero-order valence-corrected chi connectivity index (χ0v) is 6.87. The number of nitrogens with two attached hydrogens (primary N) is 1. The Labute approximate surface area is 78.1 Å². The molecular weight excluding hydrogens is 195 g/mol. The summed E-state index contributed by atoms with van der Waals surface area (Å²) in [5, 5.41) is 17.2. The number of primary amides is 1. The van der Waals surface area contributed by atoms with Crippen molar-refractivity contribution in [1.29, 1.82) is 0 Å². The van der Waals surface area contributed by atoms with Gasteiger partial charge in [0.25, 0.3) is 5.91 Å². The maximum absolute atomic E-state index is 13.0. The second kappa shape index (κ2) is 3.73. The Morgan fingerprint density at radius 2 is 1.86 bits per heavy atom. The van der Waals surface area contributed by atoms with Crippen LogP contribution in [0.15, 0.2) is 12.1 Å². The highest BCUT2D eigenvalue weighted by atomic mass is 19.1. The minimum atomic E-state index is -2.13. The Morgan fingerprint density at radius 3 is 2.29 bits per heavy atom. The smallest absolute Gasteiger partial charge is 0.423 e. The van der Waals surface area contributed by atoms with Gasteiger partial charge in [0.15, 0.2) is 0 Å². The fourth-order valence-electron chi connectivity index (χ4n) is 0.949. The molecule has 0 aromatic heterocycles. The van der Waals surface area contributed by atoms with Crippen molar-refractivity contribution in [2.24, 2.45) is 5.73 Å². The third-order valence-electron chi connectivity index (χ3n) is 1.63. The molecule has 0 bridgehead atoms. The van der Waals surface area contributed by atoms with Crippen LogP contribution in [0.5, 0.6) is 0 Å². The molecule has 1 aromatic rings. The maximum atomic E-state index is 13.0. The summed E-state index contributed by atoms with van der Waals surface area (Å²) in [6.45, 7) is 0. The van der Waals surface area contributed by atoms with E-state index in [1.165, 1.54) is 0 Å². The zero-order chi connectivity index (χ0) is 10.9. The van der Waals surface area contributed by atoms with Crippen LogP contribution in [0.3, 0.4) is 0 Å². The summed E-state index contributed by atoms with van der Waals surface area (Å²) in [6.07, 6.45) is 0. The van der Waals surface area contributed by atoms with Crippen LogP contribution in [0.4, 0.5) is 8.78 Å². The van der Waals surface area contributed by atoms with Gasteiger partial charge in [0.1, 0.15) is 11.6 Å². The number of hydrogen-bond acceptors (Lipinski definition) is 3. The summed E-state index contributed by atoms with van der Waals surface area (Å²) in [6, 6.07) is 1.03. The minimum Gasteiger partial charge on any atom is -0.423 e. The number of carbonyl (C=O) groups excluding carboxylic acids is 1. The van der Waals surface area contributed by atoms with Crippen molar-refractivity contribution in [1.82, 2.24) is 0 Å². The lowest BCUT2D eigenvalue weighted by atomic mass is 9.79. The summed E-state index contributed by atoms with van der Waals surface area (Å²) in [5.74, 6) is -3.32. The lowest BCUT2D eigenvalue weighted by Crippen LogP contribution is -2.34. The molecule has 0 spiro atoms. The van der Waals surface area contributed by atoms with Gasteiger partial charge in [-0.2, -0.15) is 0 Å². The Bertz CT molecular complexity index is 383. The average molecular weight is 201 g/mol. The molecule has 0 aliphatic carbocycles. The van der Waals surface area contributed by atoms with Gasteiger partial charge < -0.3 is 15.8 Å². The largest absolute Gasteiger partial charge is 0.491 e. The van der Waals surface area contributed by atoms with E-state index < -0.39 is 35.7 Å². The van der Waals surface area contributed by atoms with E-state index in [9.17, 15) is 13.6 Å². The van der Waals surface area contributed by atoms with Crippen LogP contribution in [0.25, 0.3) is 0 Å². The molecule has 1 aromatic carbocycles. The summed E-state index contributed by atoms with van der Waals surface area (Å²) < 4.78 is 25.9. The molecule has 0 aliphatic rings. The number of halogens is 2. The summed E-state index contributed by atoms with van der Waals surface area (Å²) in [4.78, 5) is 10.5. The van der Waals surface area contributed by atoms with Gasteiger partial charge in [-0.1, -0.05) is 0 Å². The number of benzene rings is 1. The highest BCUT2D eigenvalue weighted by molar-refractivity contribution is 6.58. The highest BCUT2D eigenvalue weighted by Gasteiger charge is 2.21. The molecule has 74 valence electrons. The van der Waals surface area contributed by atoms with Crippen LogP contribution >= 0.6 is 0 Å². The van der Waals surface area contributed by atoms with Crippen LogP contribution in [-0.2, 0) is 0 Å². The summed E-state index contributed by atoms with van der Waals surface area (Å²) in [7, 11) is -2.13. The zero-order valence-electron chi connectivity index (χ0n) is 6.87. The van der Waals surface area contributed by atoms with E-state index in [4.69, 9.17) is 15.8 Å². The Morgan fingerprint density at radius 1 is 1.29 bits per heavy atom. The lowest BCUT2D eigenvalue weighted by Gasteiger charge is -2.04. The van der Waals surface area contributed by atoms with Gasteiger partial charge in [-0.25, -0.2) is 8.78 Å². The van der Waals surface area contributed by atoms with E-state index in [0.29, 0.717) is 12.1 Å². The molecule has 4 nitrogen and oxygen atoms in total. The third kappa shape index (κ3) is 1.89. The van der Waals surface area contributed by atoms with Gasteiger partial charge in [-0.05, 0) is 12.1 Å². The molecular formula is C7H6BF2NO3. The number of rotatable bonds is 2. The van der Waals surface area contributed by atoms with Crippen LogP contribution in [0, 0.1) is 11.6 Å². The van der Waals surface area contributed by atoms with Crippen molar-refractivity contribution in [3.63, 3.8) is 0 Å². The predicted octanol–water partition coefficient (Wildman–Crippen LogP) is -1.26. The second-order valence-electron chi connectivity index (χ2n) is 2.59. The van der Waals surface area contributed by atoms with Crippen molar-refractivity contribution in [3.05, 3.63) is 29.3 Å². The van der Waals surface area contributed by atoms with Crippen molar-refractivity contribution in [2.75, 3.05) is 0 Å². The van der Waals surface area contributed by atoms with Gasteiger partial charge in [-0.3, -0.25) is 4.79 Å². The lowest BCUT2D eigenvalue weighted by molar-refractivity contribution is 0.0996. The standard InChI is InChI=1S/C7H6BF2NO3/c9-5-2-4(8(13)14)6(10)1-3(5)7(11)12/h1-2,13-14H,(H2,11,12). The molecule has 0 unspecified atom stereocenters. The predicted molar refractivity (Wildman–Crippen MR) is 44.7 cm³/mol. The van der Waals surface area contributed by atoms with E-state index in [-0.39, 0.29) is 0 Å². The molecule has 4 N–H and O–H groups in total. The number of carbonyl (C=O) groups is 1. The quantitative estimate of drug-likeness (QED) is 0.522. The third-order valence-corrected chi connectivity index (χ3v) is 1.63. The van der Waals surface area contributed by atoms with Crippen LogP contribution < -0.4 is 11.2 Å². The summed E-state index contributed by atoms with van der Waals surface area (Å²) >= 11 is 0. The molecule has 1 rings (SSSR count). The fraction of sp³-hybridized carbons (Fsp3) is 0. The first-order chi connectivity index (χ1) is 6.43. The molecule has 1 amide bonds. The van der Waals surface area contributed by atoms with E-state index >= 15 is 0 Å². The number of amides is 1. The number of hydrogen-bond donors (Lipinski definition) is 3. The SMILES string of the molecule is NC(=O)c1cc(F)c(B(O)O)cc1F. The maximum Gasteiger partial charge on any atom is 0.491 e. The molecule has 14 heavy (non-hydrogen) atoms. The van der Waals surface area contributed by atoms with Gasteiger partial charge in [0.05, 0.1) is 5.56 Å². The van der Waals surface area contributed by atoms with Crippen LogP contribution in [0.2, 0.25) is 0 Å². The average Bonchev–Trinajstić information content (AvgIpc) is 2.07. The Kier molecular flexibility index (Phi) is 2.83. The topological polar surface area (TPSA) is 83.6 Å². The van der Waals surface area contributed by atoms with Crippen molar-refractivity contribution < 1.29 is 23.6 Å². The van der Waals surface area contributed by atoms with Crippen molar-refractivity contribution in [3.8, 4) is 0 Å². The van der Waals surface area contributed by atoms with Gasteiger partial charge in [0.2, 0.25) is 0 Å². The Hall–Kier alpha value is -1.47. The second-order valence-corrected chi connectivity index (χ2v) is 2.59. The molecule has 0 atom stereocenters. The first-order valence-electron chi connectivity index (χ1n) is 3.58. The monoisotopic (exact) mass is 201 g/mol. The normalized spacial score (nSPS) is 10.0. The molecule has 0 heterocycles. The molecule has 0 radical (unpaired) electrons. The van der Waals surface area contributed by atoms with Crippen molar-refractivity contribution in [2.45, 2.75) is 0 Å². The van der Waals surface area contributed by atoms with E-state index in [1.807, 2.05) is 0 Å². The van der Waals surface area contributed by atoms with E-state index in [2.05, 4.69) is 0 Å². The highest BCUT2D eigenvalue weighted by Crippen LogP contribution is 2.07. The Balaban J connectivity index is 3.31. The molecule has 0 saturated carbocycles. The fourth-order valence-corrected chi connectivity index (χ4v) is 0.949. The molecule has 0 fully saturated rings. The van der Waals surface area contributed by atoms with E-state index in [0.717, 1.165) is 0 Å². The van der Waals surface area contributed by atoms with Crippen LogP contribution in [-0.4, -0.2) is 23.1 Å². The van der Waals surface area contributed by atoms with Gasteiger partial charge in [-0.15, -0.1) is 0 Å². The molecule has 0 aliphatic heterocycles. The van der Waals surface area contributed by atoms with Gasteiger partial charge in [0, 0.05) is 5.46 Å².